The summed E-state index contributed by atoms with van der Waals surface area (Å²) < 4.78 is 23.2. The van der Waals surface area contributed by atoms with E-state index in [0.29, 0.717) is 11.2 Å². The van der Waals surface area contributed by atoms with Gasteiger partial charge in [0.05, 0.1) is 12.4 Å². The van der Waals surface area contributed by atoms with Crippen LogP contribution in [0.5, 0.6) is 17.2 Å². The molecule has 2 aliphatic rings. The van der Waals surface area contributed by atoms with Crippen molar-refractivity contribution in [1.82, 2.24) is 4.90 Å². The number of benzene rings is 3. The Kier molecular flexibility index (Phi) is 5.95. The highest BCUT2D eigenvalue weighted by atomic mass is 16.7. The van der Waals surface area contributed by atoms with Crippen LogP contribution in [0, 0.1) is 0 Å². The van der Waals surface area contributed by atoms with Gasteiger partial charge in [-0.05, 0) is 48.7 Å². The molecule has 1 unspecified atom stereocenters. The zero-order valence-corrected chi connectivity index (χ0v) is 18.6. The summed E-state index contributed by atoms with van der Waals surface area (Å²) in [7, 11) is 0.629. The molecule has 1 heterocycles. The first kappa shape index (κ1) is 21.6. The number of fused-ring (bicyclic) bond motifs is 1. The lowest BCUT2D eigenvalue weighted by atomic mass is 9.79. The predicted octanol–water partition coefficient (Wildman–Crippen LogP) is 4.93. The summed E-state index contributed by atoms with van der Waals surface area (Å²) in [6, 6.07) is 23.0. The van der Waals surface area contributed by atoms with Gasteiger partial charge in [0.25, 0.3) is 11.9 Å². The molecule has 3 aromatic rings. The molecule has 1 aliphatic carbocycles. The van der Waals surface area contributed by atoms with Crippen molar-refractivity contribution < 1.29 is 29.0 Å². The van der Waals surface area contributed by atoms with E-state index in [9.17, 15) is 10.2 Å². The number of para-hydroxylation sites is 1. The second-order valence-corrected chi connectivity index (χ2v) is 8.12. The summed E-state index contributed by atoms with van der Waals surface area (Å²) in [5.41, 5.74) is 2.90. The molecule has 2 N–H and O–H groups in total. The molecule has 0 fully saturated rings. The zero-order chi connectivity index (χ0) is 23.5. The van der Waals surface area contributed by atoms with Gasteiger partial charge in [0.2, 0.25) is 0 Å². The number of rotatable bonds is 5. The Hall–Kier alpha value is -4.20. The fourth-order valence-corrected chi connectivity index (χ4v) is 4.11. The van der Waals surface area contributed by atoms with Crippen molar-refractivity contribution in [2.75, 3.05) is 7.05 Å². The number of nitrogens with zero attached hydrogens (tertiary/aromatic N) is 1. The first-order valence-corrected chi connectivity index (χ1v) is 11.0. The fourth-order valence-electron chi connectivity index (χ4n) is 4.11. The summed E-state index contributed by atoms with van der Waals surface area (Å²) in [5.74, 6) is 1.71. The number of aliphatic hydroxyl groups is 2. The van der Waals surface area contributed by atoms with Crippen molar-refractivity contribution in [3.63, 3.8) is 0 Å². The van der Waals surface area contributed by atoms with E-state index in [4.69, 9.17) is 18.8 Å². The van der Waals surface area contributed by atoms with E-state index in [2.05, 4.69) is 6.07 Å². The van der Waals surface area contributed by atoms with Crippen LogP contribution in [0.3, 0.4) is 0 Å². The smallest absolute Gasteiger partial charge is 0.494 e. The van der Waals surface area contributed by atoms with Crippen LogP contribution in [0.15, 0.2) is 97.1 Å². The number of aliphatic hydroxyl groups excluding tert-OH is 2. The molecule has 5 rings (SSSR count). The van der Waals surface area contributed by atoms with Crippen molar-refractivity contribution >= 4 is 12.6 Å². The minimum absolute atomic E-state index is 0.0800. The molecule has 34 heavy (non-hydrogen) atoms. The Balaban J connectivity index is 1.29. The first-order valence-electron chi connectivity index (χ1n) is 11.0. The second kappa shape index (κ2) is 9.35. The van der Waals surface area contributed by atoms with Crippen LogP contribution < -0.4 is 14.9 Å². The Bertz CT molecular complexity index is 1190. The van der Waals surface area contributed by atoms with Gasteiger partial charge in [0.15, 0.2) is 0 Å². The maximum absolute atomic E-state index is 9.93. The topological polar surface area (TPSA) is 80.6 Å². The zero-order valence-electron chi connectivity index (χ0n) is 18.6. The van der Waals surface area contributed by atoms with E-state index in [1.807, 2.05) is 54.6 Å². The van der Waals surface area contributed by atoms with Crippen LogP contribution in [0.2, 0.25) is 0 Å². The van der Waals surface area contributed by atoms with Crippen LogP contribution in [0.4, 0.5) is 0 Å². The Morgan fingerprint density at radius 1 is 0.853 bits per heavy atom. The van der Waals surface area contributed by atoms with Crippen molar-refractivity contribution in [1.29, 1.82) is 0 Å². The maximum atomic E-state index is 9.93. The van der Waals surface area contributed by atoms with E-state index in [1.54, 1.807) is 19.2 Å². The van der Waals surface area contributed by atoms with Crippen molar-refractivity contribution in [2.45, 2.75) is 18.9 Å². The lowest BCUT2D eigenvalue weighted by molar-refractivity contribution is 0.124. The van der Waals surface area contributed by atoms with E-state index < -0.39 is 7.12 Å². The Morgan fingerprint density at radius 2 is 1.56 bits per heavy atom. The standard InChI is InChI=1S/C26H24BNO6/c1-28-16-25(29)33-27(34-26(30)17-28)18-10-12-20(13-11-18)32-24-15-14-22-21(24)8-5-9-23(22)31-19-6-3-2-4-7-19/h2-13,16-17,24,29-30H,14-15H2,1H3/b25-16-,26-17?. The van der Waals surface area contributed by atoms with Crippen LogP contribution in [-0.2, 0) is 15.7 Å². The van der Waals surface area contributed by atoms with Crippen LogP contribution in [0.25, 0.3) is 0 Å². The molecule has 0 bridgehead atoms. The van der Waals surface area contributed by atoms with Gasteiger partial charge in [0.1, 0.15) is 23.4 Å². The highest BCUT2D eigenvalue weighted by molar-refractivity contribution is 6.61. The minimum Gasteiger partial charge on any atom is -0.494 e. The molecule has 0 saturated heterocycles. The molecule has 0 radical (unpaired) electrons. The normalized spacial score (nSPS) is 18.9. The van der Waals surface area contributed by atoms with Crippen molar-refractivity contribution in [2.24, 2.45) is 0 Å². The highest BCUT2D eigenvalue weighted by Crippen LogP contribution is 2.40. The van der Waals surface area contributed by atoms with Crippen LogP contribution in [0.1, 0.15) is 23.7 Å². The molecule has 0 spiro atoms. The molecule has 172 valence electrons. The third kappa shape index (κ3) is 4.76. The van der Waals surface area contributed by atoms with Gasteiger partial charge >= 0.3 is 7.12 Å². The van der Waals surface area contributed by atoms with Crippen LogP contribution >= 0.6 is 0 Å². The van der Waals surface area contributed by atoms with Gasteiger partial charge in [-0.1, -0.05) is 42.5 Å². The van der Waals surface area contributed by atoms with Gasteiger partial charge in [-0.15, -0.1) is 0 Å². The molecule has 0 saturated carbocycles. The van der Waals surface area contributed by atoms with E-state index in [0.717, 1.165) is 29.9 Å². The third-order valence-electron chi connectivity index (χ3n) is 5.66. The summed E-state index contributed by atoms with van der Waals surface area (Å²) in [4.78, 5) is 1.42. The van der Waals surface area contributed by atoms with Crippen molar-refractivity contribution in [3.8, 4) is 17.2 Å². The molecular formula is C26H24BNO6. The SMILES string of the molecule is CN1C=C(O)OB(c2ccc(OC3CCc4c(Oc5ccccc5)cccc43)cc2)O/C(O)=C\1. The van der Waals surface area contributed by atoms with Gasteiger partial charge in [-0.3, -0.25) is 0 Å². The largest absolute Gasteiger partial charge is 0.636 e. The van der Waals surface area contributed by atoms with Gasteiger partial charge in [0, 0.05) is 18.1 Å². The Morgan fingerprint density at radius 3 is 2.26 bits per heavy atom. The molecule has 7 nitrogen and oxygen atoms in total. The lowest BCUT2D eigenvalue weighted by Gasteiger charge is -2.20. The average Bonchev–Trinajstić information content (AvgIpc) is 3.22. The van der Waals surface area contributed by atoms with Crippen molar-refractivity contribution in [3.05, 3.63) is 108 Å². The Labute approximate surface area is 198 Å². The molecule has 0 aromatic heterocycles. The number of ether oxygens (including phenoxy) is 2. The third-order valence-corrected chi connectivity index (χ3v) is 5.66. The number of hydrogen-bond acceptors (Lipinski definition) is 7. The quantitative estimate of drug-likeness (QED) is 0.526. The molecule has 0 amide bonds. The van der Waals surface area contributed by atoms with Gasteiger partial charge < -0.3 is 33.9 Å². The summed E-state index contributed by atoms with van der Waals surface area (Å²) in [6.45, 7) is 0. The molecule has 1 atom stereocenters. The lowest BCUT2D eigenvalue weighted by Crippen LogP contribution is -2.37. The molecule has 1 aliphatic heterocycles. The highest BCUT2D eigenvalue weighted by Gasteiger charge is 2.31. The van der Waals surface area contributed by atoms with E-state index in [1.165, 1.54) is 22.9 Å². The second-order valence-electron chi connectivity index (χ2n) is 8.12. The minimum atomic E-state index is -1.000. The molecular weight excluding hydrogens is 433 g/mol. The summed E-state index contributed by atoms with van der Waals surface area (Å²) in [5, 5.41) is 19.9. The molecule has 3 aromatic carbocycles. The first-order chi connectivity index (χ1) is 16.5. The van der Waals surface area contributed by atoms with E-state index in [-0.39, 0.29) is 18.0 Å². The maximum Gasteiger partial charge on any atom is 0.636 e. The van der Waals surface area contributed by atoms with Gasteiger partial charge in [-0.2, -0.15) is 0 Å². The fraction of sp³-hybridized carbons (Fsp3) is 0.154. The monoisotopic (exact) mass is 457 g/mol. The van der Waals surface area contributed by atoms with Crippen LogP contribution in [-0.4, -0.2) is 29.3 Å². The molecule has 8 heteroatoms. The predicted molar refractivity (Wildman–Crippen MR) is 128 cm³/mol. The average molecular weight is 457 g/mol. The number of hydrogen-bond donors (Lipinski definition) is 2. The van der Waals surface area contributed by atoms with Gasteiger partial charge in [-0.25, -0.2) is 0 Å². The summed E-state index contributed by atoms with van der Waals surface area (Å²) >= 11 is 0. The summed E-state index contributed by atoms with van der Waals surface area (Å²) in [6.07, 6.45) is 4.30. The van der Waals surface area contributed by atoms with E-state index >= 15 is 0 Å².